The third-order valence-electron chi connectivity index (χ3n) is 4.84. The molecule has 5 heteroatoms. The van der Waals surface area contributed by atoms with Crippen molar-refractivity contribution < 1.29 is 9.90 Å². The molecule has 0 aliphatic rings. The van der Waals surface area contributed by atoms with Crippen LogP contribution in [0.3, 0.4) is 0 Å². The zero-order chi connectivity index (χ0) is 20.3. The van der Waals surface area contributed by atoms with Gasteiger partial charge in [-0.2, -0.15) is 5.26 Å². The SMILES string of the molecule is CCSc1ccccc1-c1ccc(-c2c(C#N)c(CC)n(C)c2C(=O)O)cc1. The van der Waals surface area contributed by atoms with Crippen LogP contribution in [0.4, 0.5) is 0 Å². The maximum Gasteiger partial charge on any atom is 0.353 e. The molecule has 0 bridgehead atoms. The van der Waals surface area contributed by atoms with Crippen LogP contribution in [0.2, 0.25) is 0 Å². The van der Waals surface area contributed by atoms with Gasteiger partial charge in [0, 0.05) is 23.2 Å². The van der Waals surface area contributed by atoms with E-state index in [4.69, 9.17) is 0 Å². The molecule has 28 heavy (non-hydrogen) atoms. The molecule has 142 valence electrons. The van der Waals surface area contributed by atoms with Gasteiger partial charge in [0.1, 0.15) is 11.8 Å². The highest BCUT2D eigenvalue weighted by molar-refractivity contribution is 7.99. The first-order chi connectivity index (χ1) is 13.5. The molecule has 0 radical (unpaired) electrons. The minimum atomic E-state index is -1.03. The number of nitriles is 1. The average molecular weight is 391 g/mol. The summed E-state index contributed by atoms with van der Waals surface area (Å²) >= 11 is 1.79. The maximum absolute atomic E-state index is 11.9. The van der Waals surface area contributed by atoms with E-state index < -0.39 is 5.97 Å². The highest BCUT2D eigenvalue weighted by atomic mass is 32.2. The van der Waals surface area contributed by atoms with E-state index in [-0.39, 0.29) is 5.69 Å². The predicted octanol–water partition coefficient (Wildman–Crippen LogP) is 5.60. The number of rotatable bonds is 6. The van der Waals surface area contributed by atoms with Gasteiger partial charge in [-0.15, -0.1) is 11.8 Å². The molecule has 0 aliphatic carbocycles. The van der Waals surface area contributed by atoms with Crippen molar-refractivity contribution in [3.63, 3.8) is 0 Å². The summed E-state index contributed by atoms with van der Waals surface area (Å²) in [5.74, 6) is -0.0330. The number of carboxylic acids is 1. The van der Waals surface area contributed by atoms with Gasteiger partial charge in [-0.05, 0) is 34.9 Å². The van der Waals surface area contributed by atoms with Crippen LogP contribution < -0.4 is 0 Å². The minimum absolute atomic E-state index is 0.156. The van der Waals surface area contributed by atoms with Crippen molar-refractivity contribution in [1.29, 1.82) is 5.26 Å². The molecule has 0 fully saturated rings. The molecule has 0 saturated carbocycles. The Hall–Kier alpha value is -2.97. The quantitative estimate of drug-likeness (QED) is 0.556. The first-order valence-electron chi connectivity index (χ1n) is 9.21. The zero-order valence-corrected chi connectivity index (χ0v) is 17.0. The average Bonchev–Trinajstić information content (AvgIpc) is 3.00. The van der Waals surface area contributed by atoms with E-state index in [0.717, 1.165) is 28.1 Å². The van der Waals surface area contributed by atoms with Crippen molar-refractivity contribution in [3.05, 3.63) is 65.5 Å². The van der Waals surface area contributed by atoms with Gasteiger partial charge in [0.15, 0.2) is 0 Å². The highest BCUT2D eigenvalue weighted by Crippen LogP contribution is 2.36. The van der Waals surface area contributed by atoms with E-state index in [2.05, 4.69) is 25.1 Å². The Morgan fingerprint density at radius 1 is 1.11 bits per heavy atom. The molecule has 0 spiro atoms. The highest BCUT2D eigenvalue weighted by Gasteiger charge is 2.25. The molecule has 0 saturated heterocycles. The molecule has 1 aromatic heterocycles. The van der Waals surface area contributed by atoms with Crippen molar-refractivity contribution in [3.8, 4) is 28.3 Å². The standard InChI is InChI=1S/C23H22N2O2S/c1-4-19-18(14-24)21(22(23(26)27)25(19)3)16-12-10-15(11-13-16)17-8-6-7-9-20(17)28-5-2/h6-13H,4-5H2,1-3H3,(H,26,27). The van der Waals surface area contributed by atoms with Crippen molar-refractivity contribution in [1.82, 2.24) is 4.57 Å². The van der Waals surface area contributed by atoms with Crippen LogP contribution in [-0.2, 0) is 13.5 Å². The fourth-order valence-corrected chi connectivity index (χ4v) is 4.43. The largest absolute Gasteiger partial charge is 0.477 e. The molecule has 4 nitrogen and oxygen atoms in total. The van der Waals surface area contributed by atoms with Crippen LogP contribution in [0.25, 0.3) is 22.3 Å². The fraction of sp³-hybridized carbons (Fsp3) is 0.217. The summed E-state index contributed by atoms with van der Waals surface area (Å²) in [4.78, 5) is 13.1. The van der Waals surface area contributed by atoms with Crippen molar-refractivity contribution in [2.75, 3.05) is 5.75 Å². The molecule has 0 amide bonds. The van der Waals surface area contributed by atoms with Crippen molar-refractivity contribution >= 4 is 17.7 Å². The van der Waals surface area contributed by atoms with Crippen LogP contribution in [0, 0.1) is 11.3 Å². The number of benzene rings is 2. The van der Waals surface area contributed by atoms with E-state index in [0.29, 0.717) is 17.5 Å². The Bertz CT molecular complexity index is 1060. The van der Waals surface area contributed by atoms with E-state index in [9.17, 15) is 15.2 Å². The second kappa shape index (κ2) is 8.37. The van der Waals surface area contributed by atoms with Gasteiger partial charge in [0.2, 0.25) is 0 Å². The summed E-state index contributed by atoms with van der Waals surface area (Å²) in [5.41, 5.74) is 4.80. The van der Waals surface area contributed by atoms with Gasteiger partial charge in [-0.25, -0.2) is 4.79 Å². The summed E-state index contributed by atoms with van der Waals surface area (Å²) in [5, 5.41) is 19.4. The van der Waals surface area contributed by atoms with Gasteiger partial charge >= 0.3 is 5.97 Å². The van der Waals surface area contributed by atoms with Crippen LogP contribution in [-0.4, -0.2) is 21.4 Å². The second-order valence-corrected chi connectivity index (χ2v) is 7.69. The molecule has 0 atom stereocenters. The van der Waals surface area contributed by atoms with Crippen LogP contribution in [0.5, 0.6) is 0 Å². The Balaban J connectivity index is 2.14. The van der Waals surface area contributed by atoms with E-state index in [1.54, 1.807) is 23.4 Å². The molecule has 0 unspecified atom stereocenters. The number of aromatic carboxylic acids is 1. The number of aromatic nitrogens is 1. The summed E-state index contributed by atoms with van der Waals surface area (Å²) < 4.78 is 1.62. The van der Waals surface area contributed by atoms with Crippen LogP contribution in [0.1, 0.15) is 35.6 Å². The molecule has 0 aliphatic heterocycles. The maximum atomic E-state index is 11.9. The smallest absolute Gasteiger partial charge is 0.353 e. The zero-order valence-electron chi connectivity index (χ0n) is 16.2. The number of carbonyl (C=O) groups is 1. The van der Waals surface area contributed by atoms with E-state index in [1.807, 2.05) is 43.3 Å². The van der Waals surface area contributed by atoms with Gasteiger partial charge < -0.3 is 9.67 Å². The van der Waals surface area contributed by atoms with Crippen LogP contribution in [0.15, 0.2) is 53.4 Å². The Kier molecular flexibility index (Phi) is 5.91. The Morgan fingerprint density at radius 3 is 2.32 bits per heavy atom. The topological polar surface area (TPSA) is 66.0 Å². The lowest BCUT2D eigenvalue weighted by molar-refractivity contribution is 0.0687. The van der Waals surface area contributed by atoms with Crippen molar-refractivity contribution in [2.24, 2.45) is 7.05 Å². The molecule has 1 N–H and O–H groups in total. The molecule has 3 aromatic rings. The van der Waals surface area contributed by atoms with E-state index >= 15 is 0 Å². The van der Waals surface area contributed by atoms with E-state index in [1.165, 1.54) is 4.90 Å². The first kappa shape index (κ1) is 19.8. The molecular formula is C23H22N2O2S. The number of carboxylic acid groups (broad SMARTS) is 1. The molecule has 2 aromatic carbocycles. The van der Waals surface area contributed by atoms with Gasteiger partial charge in [-0.1, -0.05) is 56.3 Å². The number of nitrogens with zero attached hydrogens (tertiary/aromatic N) is 2. The summed E-state index contributed by atoms with van der Waals surface area (Å²) in [7, 11) is 1.71. The molecular weight excluding hydrogens is 368 g/mol. The summed E-state index contributed by atoms with van der Waals surface area (Å²) in [6.07, 6.45) is 0.597. The Morgan fingerprint density at radius 2 is 1.75 bits per heavy atom. The fourth-order valence-electron chi connectivity index (χ4n) is 3.60. The number of thioether (sulfide) groups is 1. The summed E-state index contributed by atoms with van der Waals surface area (Å²) in [6, 6.07) is 18.3. The monoisotopic (exact) mass is 390 g/mol. The van der Waals surface area contributed by atoms with Crippen molar-refractivity contribution in [2.45, 2.75) is 25.2 Å². The first-order valence-corrected chi connectivity index (χ1v) is 10.2. The Labute approximate surface area is 169 Å². The van der Waals surface area contributed by atoms with Gasteiger partial charge in [0.05, 0.1) is 5.56 Å². The number of hydrogen-bond donors (Lipinski definition) is 1. The third kappa shape index (κ3) is 3.44. The lowest BCUT2D eigenvalue weighted by atomic mass is 9.97. The van der Waals surface area contributed by atoms with Gasteiger partial charge in [0.25, 0.3) is 0 Å². The second-order valence-electron chi connectivity index (χ2n) is 6.38. The predicted molar refractivity (Wildman–Crippen MR) is 114 cm³/mol. The summed E-state index contributed by atoms with van der Waals surface area (Å²) in [6.45, 7) is 4.05. The lowest BCUT2D eigenvalue weighted by Crippen LogP contribution is -2.07. The normalized spacial score (nSPS) is 10.6. The molecule has 3 rings (SSSR count). The lowest BCUT2D eigenvalue weighted by Gasteiger charge is -2.10. The van der Waals surface area contributed by atoms with Gasteiger partial charge in [-0.3, -0.25) is 0 Å². The molecule has 1 heterocycles. The van der Waals surface area contributed by atoms with Crippen LogP contribution >= 0.6 is 11.8 Å². The minimum Gasteiger partial charge on any atom is -0.477 e. The number of hydrogen-bond acceptors (Lipinski definition) is 3. The third-order valence-corrected chi connectivity index (χ3v) is 5.79.